The molecule has 0 heterocycles. The van der Waals surface area contributed by atoms with Crippen LogP contribution in [0.15, 0.2) is 24.3 Å². The van der Waals surface area contributed by atoms with Crippen LogP contribution in [-0.4, -0.2) is 21.1 Å². The second-order valence-corrected chi connectivity index (χ2v) is 5.32. The Hall–Kier alpha value is -1.16. The van der Waals surface area contributed by atoms with Crippen LogP contribution in [0.2, 0.25) is 0 Å². The summed E-state index contributed by atoms with van der Waals surface area (Å²) in [6.45, 7) is -1.52. The fourth-order valence-electron chi connectivity index (χ4n) is 1.33. The van der Waals surface area contributed by atoms with Crippen LogP contribution in [0.1, 0.15) is 11.1 Å². The van der Waals surface area contributed by atoms with Crippen molar-refractivity contribution < 1.29 is 21.6 Å². The molecule has 0 aliphatic carbocycles. The normalized spacial score (nSPS) is 12.6. The third kappa shape index (κ3) is 6.01. The van der Waals surface area contributed by atoms with E-state index in [2.05, 4.69) is 0 Å². The second kappa shape index (κ2) is 6.33. The average molecular weight is 297 g/mol. The molecule has 108 valence electrons. The highest BCUT2D eigenvalue weighted by atomic mass is 32.2. The smallest absolute Gasteiger partial charge is 0.326 e. The lowest BCUT2D eigenvalue weighted by atomic mass is 10.1. The predicted molar refractivity (Wildman–Crippen MR) is 64.2 cm³/mol. The van der Waals surface area contributed by atoms with Gasteiger partial charge in [-0.05, 0) is 11.1 Å². The molecule has 1 rings (SSSR count). The molecule has 0 aliphatic heterocycles. The summed E-state index contributed by atoms with van der Waals surface area (Å²) in [5.41, 5.74) is 6.80. The molecule has 1 aromatic rings. The Balaban J connectivity index is 2.60. The number of hydrogen-bond donors (Lipinski definition) is 3. The Labute approximate surface area is 109 Å². The van der Waals surface area contributed by atoms with Crippen LogP contribution in [0.25, 0.3) is 0 Å². The number of nitrogens with two attached hydrogens (primary N) is 1. The molecular formula is C10H14F3N3O2S. The third-order valence-electron chi connectivity index (χ3n) is 2.25. The van der Waals surface area contributed by atoms with Crippen molar-refractivity contribution >= 4 is 10.2 Å². The van der Waals surface area contributed by atoms with E-state index in [0.29, 0.717) is 5.56 Å². The summed E-state index contributed by atoms with van der Waals surface area (Å²) in [5, 5.41) is 0. The Morgan fingerprint density at radius 2 is 1.68 bits per heavy atom. The van der Waals surface area contributed by atoms with E-state index in [4.69, 9.17) is 5.73 Å². The van der Waals surface area contributed by atoms with Crippen molar-refractivity contribution in [2.75, 3.05) is 6.54 Å². The molecule has 0 saturated carbocycles. The van der Waals surface area contributed by atoms with Crippen LogP contribution in [0.4, 0.5) is 13.2 Å². The van der Waals surface area contributed by atoms with Gasteiger partial charge in [0, 0.05) is 13.1 Å². The molecule has 0 atom stereocenters. The zero-order valence-electron chi connectivity index (χ0n) is 9.87. The van der Waals surface area contributed by atoms with E-state index < -0.39 is 22.9 Å². The van der Waals surface area contributed by atoms with Crippen molar-refractivity contribution in [2.45, 2.75) is 19.3 Å². The van der Waals surface area contributed by atoms with E-state index in [1.54, 1.807) is 24.3 Å². The summed E-state index contributed by atoms with van der Waals surface area (Å²) in [7, 11) is -4.20. The highest BCUT2D eigenvalue weighted by molar-refractivity contribution is 7.87. The quantitative estimate of drug-likeness (QED) is 0.720. The summed E-state index contributed by atoms with van der Waals surface area (Å²) < 4.78 is 61.7. The number of halogens is 3. The van der Waals surface area contributed by atoms with Crippen molar-refractivity contribution in [2.24, 2.45) is 5.73 Å². The molecule has 0 bridgehead atoms. The maximum atomic E-state index is 11.9. The minimum absolute atomic E-state index is 0.124. The molecule has 0 unspecified atom stereocenters. The third-order valence-corrected chi connectivity index (χ3v) is 3.30. The Kier molecular flexibility index (Phi) is 5.29. The molecule has 0 aliphatic rings. The standard InChI is InChI=1S/C10H14F3N3O2S/c11-10(12,13)7-16-19(17,18)15-6-9-4-2-1-3-8(9)5-14/h1-4,15-16H,5-7,14H2. The molecule has 0 saturated heterocycles. The number of rotatable bonds is 6. The first kappa shape index (κ1) is 15.9. The largest absolute Gasteiger partial charge is 0.402 e. The highest BCUT2D eigenvalue weighted by Gasteiger charge is 2.29. The van der Waals surface area contributed by atoms with Gasteiger partial charge < -0.3 is 5.73 Å². The summed E-state index contributed by atoms with van der Waals surface area (Å²) >= 11 is 0. The molecule has 0 radical (unpaired) electrons. The number of alkyl halides is 3. The minimum atomic E-state index is -4.59. The lowest BCUT2D eigenvalue weighted by molar-refractivity contribution is -0.121. The van der Waals surface area contributed by atoms with Gasteiger partial charge in [-0.2, -0.15) is 31.0 Å². The van der Waals surface area contributed by atoms with Crippen LogP contribution in [0, 0.1) is 0 Å². The zero-order valence-corrected chi connectivity index (χ0v) is 10.7. The van der Waals surface area contributed by atoms with Gasteiger partial charge >= 0.3 is 6.18 Å². The lowest BCUT2D eigenvalue weighted by Gasteiger charge is -2.12. The van der Waals surface area contributed by atoms with Crippen molar-refractivity contribution in [1.82, 2.24) is 9.44 Å². The van der Waals surface area contributed by atoms with E-state index >= 15 is 0 Å². The SMILES string of the molecule is NCc1ccccc1CNS(=O)(=O)NCC(F)(F)F. The monoisotopic (exact) mass is 297 g/mol. The van der Waals surface area contributed by atoms with Crippen molar-refractivity contribution in [3.05, 3.63) is 35.4 Å². The zero-order chi connectivity index (χ0) is 14.5. The minimum Gasteiger partial charge on any atom is -0.326 e. The fraction of sp³-hybridized carbons (Fsp3) is 0.400. The van der Waals surface area contributed by atoms with Gasteiger partial charge in [0.2, 0.25) is 0 Å². The summed E-state index contributed by atoms with van der Waals surface area (Å²) in [4.78, 5) is 0. The predicted octanol–water partition coefficient (Wildman–Crippen LogP) is 0.632. The first-order valence-electron chi connectivity index (χ1n) is 5.31. The van der Waals surface area contributed by atoms with E-state index in [-0.39, 0.29) is 13.1 Å². The van der Waals surface area contributed by atoms with Gasteiger partial charge in [0.15, 0.2) is 0 Å². The van der Waals surface area contributed by atoms with E-state index in [9.17, 15) is 21.6 Å². The topological polar surface area (TPSA) is 84.2 Å². The van der Waals surface area contributed by atoms with E-state index in [0.717, 1.165) is 5.56 Å². The molecule has 0 aromatic heterocycles. The fourth-order valence-corrected chi connectivity index (χ4v) is 2.13. The number of hydrogen-bond acceptors (Lipinski definition) is 3. The summed E-state index contributed by atoms with van der Waals surface area (Å²) in [6, 6.07) is 6.79. The van der Waals surface area contributed by atoms with Crippen molar-refractivity contribution in [1.29, 1.82) is 0 Å². The van der Waals surface area contributed by atoms with Gasteiger partial charge in [-0.3, -0.25) is 0 Å². The molecule has 5 nitrogen and oxygen atoms in total. The van der Waals surface area contributed by atoms with Crippen LogP contribution in [0.5, 0.6) is 0 Å². The van der Waals surface area contributed by atoms with E-state index in [1.165, 1.54) is 4.72 Å². The molecule has 0 fully saturated rings. The summed E-state index contributed by atoms with van der Waals surface area (Å²) in [5.74, 6) is 0. The second-order valence-electron chi connectivity index (χ2n) is 3.73. The highest BCUT2D eigenvalue weighted by Crippen LogP contribution is 2.12. The molecule has 19 heavy (non-hydrogen) atoms. The first-order valence-corrected chi connectivity index (χ1v) is 6.80. The van der Waals surface area contributed by atoms with Crippen LogP contribution in [0.3, 0.4) is 0 Å². The Bertz CT molecular complexity index is 517. The van der Waals surface area contributed by atoms with Crippen LogP contribution >= 0.6 is 0 Å². The number of nitrogens with one attached hydrogen (secondary N) is 2. The van der Waals surface area contributed by atoms with Gasteiger partial charge in [0.05, 0.1) is 0 Å². The summed E-state index contributed by atoms with van der Waals surface area (Å²) in [6.07, 6.45) is -4.59. The molecule has 1 aromatic carbocycles. The number of benzene rings is 1. The molecular weight excluding hydrogens is 283 g/mol. The van der Waals surface area contributed by atoms with Gasteiger partial charge in [-0.15, -0.1) is 0 Å². The van der Waals surface area contributed by atoms with Gasteiger partial charge in [0.25, 0.3) is 10.2 Å². The van der Waals surface area contributed by atoms with Crippen molar-refractivity contribution in [3.63, 3.8) is 0 Å². The Morgan fingerprint density at radius 1 is 1.11 bits per heavy atom. The van der Waals surface area contributed by atoms with Gasteiger partial charge in [-0.25, -0.2) is 0 Å². The maximum Gasteiger partial charge on any atom is 0.402 e. The maximum absolute atomic E-state index is 11.9. The lowest BCUT2D eigenvalue weighted by Crippen LogP contribution is -2.41. The molecule has 0 amide bonds. The van der Waals surface area contributed by atoms with Crippen LogP contribution in [-0.2, 0) is 23.3 Å². The Morgan fingerprint density at radius 3 is 2.21 bits per heavy atom. The molecule has 0 spiro atoms. The first-order chi connectivity index (χ1) is 8.73. The average Bonchev–Trinajstić information content (AvgIpc) is 2.34. The van der Waals surface area contributed by atoms with Gasteiger partial charge in [0.1, 0.15) is 6.54 Å². The van der Waals surface area contributed by atoms with E-state index in [1.807, 2.05) is 4.72 Å². The molecule has 9 heteroatoms. The van der Waals surface area contributed by atoms with Gasteiger partial charge in [-0.1, -0.05) is 24.3 Å². The van der Waals surface area contributed by atoms with Crippen LogP contribution < -0.4 is 15.2 Å². The van der Waals surface area contributed by atoms with Crippen molar-refractivity contribution in [3.8, 4) is 0 Å². The molecule has 4 N–H and O–H groups in total.